The molecule has 1 saturated heterocycles. The van der Waals surface area contributed by atoms with Crippen LogP contribution in [0.3, 0.4) is 0 Å². The minimum absolute atomic E-state index is 0.202. The molecule has 1 aromatic rings. The van der Waals surface area contributed by atoms with Gasteiger partial charge in [-0.2, -0.15) is 5.10 Å². The molecule has 0 atom stereocenters. The van der Waals surface area contributed by atoms with Gasteiger partial charge in [-0.1, -0.05) is 19.3 Å². The maximum absolute atomic E-state index is 12.1. The van der Waals surface area contributed by atoms with Crippen molar-refractivity contribution in [1.29, 1.82) is 0 Å². The number of nitrogens with zero attached hydrogens (tertiary/aromatic N) is 2. The number of H-pyrrole nitrogens is 1. The monoisotopic (exact) mass is 318 g/mol. The molecular weight excluding hydrogens is 292 g/mol. The maximum Gasteiger partial charge on any atom is 0.271 e. The van der Waals surface area contributed by atoms with Crippen LogP contribution in [0.25, 0.3) is 0 Å². The van der Waals surface area contributed by atoms with E-state index < -0.39 is 0 Å². The number of likely N-dealkylation sites (tertiary alicyclic amines) is 1. The van der Waals surface area contributed by atoms with Crippen molar-refractivity contribution in [1.82, 2.24) is 20.4 Å². The van der Waals surface area contributed by atoms with Crippen molar-refractivity contribution in [2.75, 3.05) is 19.6 Å². The quantitative estimate of drug-likeness (QED) is 0.883. The number of piperidine rings is 1. The van der Waals surface area contributed by atoms with Crippen LogP contribution < -0.4 is 10.9 Å². The van der Waals surface area contributed by atoms with Crippen LogP contribution in [0.1, 0.15) is 55.4 Å². The van der Waals surface area contributed by atoms with Crippen molar-refractivity contribution in [3.8, 4) is 0 Å². The molecule has 2 fully saturated rings. The van der Waals surface area contributed by atoms with Gasteiger partial charge in [-0.05, 0) is 37.7 Å². The predicted octanol–water partition coefficient (Wildman–Crippen LogP) is 1.54. The molecule has 1 amide bonds. The van der Waals surface area contributed by atoms with Gasteiger partial charge >= 0.3 is 0 Å². The summed E-state index contributed by atoms with van der Waals surface area (Å²) in [6, 6.07) is 3.00. The topological polar surface area (TPSA) is 78.1 Å². The molecular formula is C17H26N4O2. The SMILES string of the molecule is O=C(NC1CCN(CC2CCCCC2)CC1)c1ccc(=O)[nH]n1. The Balaban J connectivity index is 1.42. The molecule has 1 saturated carbocycles. The second-order valence-electron chi connectivity index (χ2n) is 6.86. The van der Waals surface area contributed by atoms with Crippen molar-refractivity contribution >= 4 is 5.91 Å². The van der Waals surface area contributed by atoms with Gasteiger partial charge in [-0.15, -0.1) is 0 Å². The number of carbonyl (C=O) groups excluding carboxylic acids is 1. The predicted molar refractivity (Wildman–Crippen MR) is 88.4 cm³/mol. The lowest BCUT2D eigenvalue weighted by molar-refractivity contribution is 0.0895. The number of amides is 1. The van der Waals surface area contributed by atoms with Crippen molar-refractivity contribution in [2.24, 2.45) is 5.92 Å². The van der Waals surface area contributed by atoms with Gasteiger partial charge in [0.1, 0.15) is 5.69 Å². The first-order valence-corrected chi connectivity index (χ1v) is 8.79. The highest BCUT2D eigenvalue weighted by atomic mass is 16.2. The molecule has 6 nitrogen and oxygen atoms in total. The molecule has 0 unspecified atom stereocenters. The molecule has 2 N–H and O–H groups in total. The van der Waals surface area contributed by atoms with Gasteiger partial charge in [-0.3, -0.25) is 9.59 Å². The van der Waals surface area contributed by atoms with Gasteiger partial charge in [0.2, 0.25) is 0 Å². The summed E-state index contributed by atoms with van der Waals surface area (Å²) in [5.41, 5.74) is -0.0215. The van der Waals surface area contributed by atoms with Crippen LogP contribution in [0.4, 0.5) is 0 Å². The fraction of sp³-hybridized carbons (Fsp3) is 0.706. The second-order valence-corrected chi connectivity index (χ2v) is 6.86. The van der Waals surface area contributed by atoms with E-state index in [0.717, 1.165) is 31.8 Å². The first-order valence-electron chi connectivity index (χ1n) is 8.79. The van der Waals surface area contributed by atoms with Crippen molar-refractivity contribution < 1.29 is 4.79 Å². The summed E-state index contributed by atoms with van der Waals surface area (Å²) in [6.07, 6.45) is 8.93. The van der Waals surface area contributed by atoms with Crippen molar-refractivity contribution in [2.45, 2.75) is 51.0 Å². The second kappa shape index (κ2) is 7.73. The highest BCUT2D eigenvalue weighted by molar-refractivity contribution is 5.92. The number of aromatic amines is 1. The summed E-state index contributed by atoms with van der Waals surface area (Å²) in [7, 11) is 0. The number of nitrogens with one attached hydrogen (secondary N) is 2. The Bertz CT molecular complexity index is 552. The minimum Gasteiger partial charge on any atom is -0.348 e. The van der Waals surface area contributed by atoms with Gasteiger partial charge in [0.05, 0.1) is 0 Å². The van der Waals surface area contributed by atoms with E-state index in [1.807, 2.05) is 0 Å². The Hall–Kier alpha value is -1.69. The first-order chi connectivity index (χ1) is 11.2. The van der Waals surface area contributed by atoms with E-state index in [9.17, 15) is 9.59 Å². The number of carbonyl (C=O) groups is 1. The highest BCUT2D eigenvalue weighted by Crippen LogP contribution is 2.25. The molecule has 23 heavy (non-hydrogen) atoms. The number of rotatable bonds is 4. The molecule has 0 aromatic carbocycles. The minimum atomic E-state index is -0.294. The fourth-order valence-electron chi connectivity index (χ4n) is 3.73. The van der Waals surface area contributed by atoms with Gasteiger partial charge in [0.15, 0.2) is 0 Å². The van der Waals surface area contributed by atoms with E-state index >= 15 is 0 Å². The number of hydrogen-bond acceptors (Lipinski definition) is 4. The molecule has 3 rings (SSSR count). The molecule has 126 valence electrons. The Kier molecular flexibility index (Phi) is 5.43. The van der Waals surface area contributed by atoms with Gasteiger partial charge < -0.3 is 10.2 Å². The first kappa shape index (κ1) is 16.2. The summed E-state index contributed by atoms with van der Waals surface area (Å²) in [6.45, 7) is 3.34. The standard InChI is InChI=1S/C17H26N4O2/c22-16-7-6-15(19-20-16)17(23)18-14-8-10-21(11-9-14)12-13-4-2-1-3-5-13/h6-7,13-14H,1-5,8-12H2,(H,18,23)(H,20,22). The molecule has 2 aliphatic rings. The third kappa shape index (κ3) is 4.64. The van der Waals surface area contributed by atoms with E-state index in [1.165, 1.54) is 50.8 Å². The van der Waals surface area contributed by atoms with Crippen molar-refractivity contribution in [3.05, 3.63) is 28.2 Å². The van der Waals surface area contributed by atoms with Gasteiger partial charge in [0.25, 0.3) is 11.5 Å². The van der Waals surface area contributed by atoms with E-state index in [1.54, 1.807) is 0 Å². The Morgan fingerprint density at radius 3 is 2.57 bits per heavy atom. The third-order valence-electron chi connectivity index (χ3n) is 5.08. The summed E-state index contributed by atoms with van der Waals surface area (Å²) in [4.78, 5) is 25.6. The van der Waals surface area contributed by atoms with Crippen molar-refractivity contribution in [3.63, 3.8) is 0 Å². The molecule has 0 bridgehead atoms. The zero-order chi connectivity index (χ0) is 16.1. The van der Waals surface area contributed by atoms with Crippen LogP contribution in [-0.4, -0.2) is 46.7 Å². The van der Waals surface area contributed by atoms with E-state index in [4.69, 9.17) is 0 Å². The average Bonchev–Trinajstić information content (AvgIpc) is 2.58. The van der Waals surface area contributed by atoms with Crippen LogP contribution in [0, 0.1) is 5.92 Å². The molecule has 2 heterocycles. The highest BCUT2D eigenvalue weighted by Gasteiger charge is 2.24. The lowest BCUT2D eigenvalue weighted by Gasteiger charge is -2.35. The van der Waals surface area contributed by atoms with Crippen LogP contribution >= 0.6 is 0 Å². The van der Waals surface area contributed by atoms with E-state index in [-0.39, 0.29) is 23.2 Å². The van der Waals surface area contributed by atoms with E-state index in [0.29, 0.717) is 0 Å². The molecule has 1 aliphatic carbocycles. The third-order valence-corrected chi connectivity index (χ3v) is 5.08. The molecule has 1 aliphatic heterocycles. The number of aromatic nitrogens is 2. The normalized spacial score (nSPS) is 21.2. The summed E-state index contributed by atoms with van der Waals surface area (Å²) >= 11 is 0. The average molecular weight is 318 g/mol. The summed E-state index contributed by atoms with van der Waals surface area (Å²) in [5, 5.41) is 9.10. The maximum atomic E-state index is 12.1. The Morgan fingerprint density at radius 1 is 1.17 bits per heavy atom. The lowest BCUT2D eigenvalue weighted by atomic mass is 9.88. The van der Waals surface area contributed by atoms with Crippen LogP contribution in [0.2, 0.25) is 0 Å². The van der Waals surface area contributed by atoms with Gasteiger partial charge in [0, 0.05) is 31.7 Å². The van der Waals surface area contributed by atoms with Crippen LogP contribution in [-0.2, 0) is 0 Å². The Morgan fingerprint density at radius 2 is 1.91 bits per heavy atom. The van der Waals surface area contributed by atoms with Crippen LogP contribution in [0.5, 0.6) is 0 Å². The van der Waals surface area contributed by atoms with E-state index in [2.05, 4.69) is 20.4 Å². The zero-order valence-electron chi connectivity index (χ0n) is 13.6. The summed E-state index contributed by atoms with van der Waals surface area (Å²) in [5.74, 6) is 0.673. The molecule has 0 spiro atoms. The zero-order valence-corrected chi connectivity index (χ0v) is 13.6. The molecule has 1 aromatic heterocycles. The van der Waals surface area contributed by atoms with Gasteiger partial charge in [-0.25, -0.2) is 5.10 Å². The smallest absolute Gasteiger partial charge is 0.271 e. The molecule has 6 heteroatoms. The largest absolute Gasteiger partial charge is 0.348 e. The molecule has 0 radical (unpaired) electrons. The Labute approximate surface area is 136 Å². The lowest BCUT2D eigenvalue weighted by Crippen LogP contribution is -2.46. The number of hydrogen-bond donors (Lipinski definition) is 2. The fourth-order valence-corrected chi connectivity index (χ4v) is 3.73. The van der Waals surface area contributed by atoms with Crippen LogP contribution in [0.15, 0.2) is 16.9 Å². The summed E-state index contributed by atoms with van der Waals surface area (Å²) < 4.78 is 0.